The number of nitrogens with one attached hydrogen (secondary N) is 4. The topological polar surface area (TPSA) is 193 Å². The van der Waals surface area contributed by atoms with E-state index in [2.05, 4.69) is 26.5 Å². The third-order valence-corrected chi connectivity index (χ3v) is 13.7. The van der Waals surface area contributed by atoms with Crippen molar-refractivity contribution in [1.82, 2.24) is 40.4 Å². The average molecular weight is 930 g/mol. The molecule has 0 radical (unpaired) electrons. The minimum Gasteiger partial charge on any atom is -0.453 e. The summed E-state index contributed by atoms with van der Waals surface area (Å²) in [5.74, 6) is 2.91. The van der Waals surface area contributed by atoms with Crippen molar-refractivity contribution in [1.29, 1.82) is 0 Å². The number of halogens is 2. The number of benzene rings is 2. The molecule has 4 aliphatic heterocycles. The fraction of sp³-hybridized carbons (Fsp3) is 0.489. The SMILES string of the molecule is C#C[C@@H]1CC[C@@H](c2nc(-c3ccc(-c4ccc(-c5nc([C@@H]6CC[C@@H](C)N6C(=O)[C@@H](NC(=O)OC)[C@H]6CCCOC6)[nH]c5Cl)cc4)cc3)c(Cl)[nH]2)N1C(=O)[C@@H](NC(=O)OC)[C@H]1CCCOC1. The number of ether oxygens (including phenoxy) is 4. The lowest BCUT2D eigenvalue weighted by atomic mass is 9.92. The Balaban J connectivity index is 0.969. The summed E-state index contributed by atoms with van der Waals surface area (Å²) in [6, 6.07) is 12.6. The second-order valence-corrected chi connectivity index (χ2v) is 17.9. The molecule has 4 aliphatic rings. The zero-order valence-electron chi connectivity index (χ0n) is 36.6. The molecule has 4 fully saturated rings. The summed E-state index contributed by atoms with van der Waals surface area (Å²) in [7, 11) is 2.54. The minimum atomic E-state index is -0.886. The van der Waals surface area contributed by atoms with Crippen LogP contribution in [0, 0.1) is 24.2 Å². The van der Waals surface area contributed by atoms with Gasteiger partial charge in [0.2, 0.25) is 11.8 Å². The molecule has 4 N–H and O–H groups in total. The maximum atomic E-state index is 14.3. The van der Waals surface area contributed by atoms with Gasteiger partial charge in [-0.1, -0.05) is 77.7 Å². The van der Waals surface area contributed by atoms with Crippen LogP contribution >= 0.6 is 23.2 Å². The predicted octanol–water partition coefficient (Wildman–Crippen LogP) is 7.46. The van der Waals surface area contributed by atoms with Crippen LogP contribution in [0.2, 0.25) is 10.3 Å². The zero-order chi connectivity index (χ0) is 45.8. The monoisotopic (exact) mass is 928 g/mol. The second-order valence-electron chi connectivity index (χ2n) is 17.1. The van der Waals surface area contributed by atoms with Crippen LogP contribution in [0.5, 0.6) is 0 Å². The second kappa shape index (κ2) is 20.3. The summed E-state index contributed by atoms with van der Waals surface area (Å²) in [5, 5.41) is 6.21. The first kappa shape index (κ1) is 45.9. The van der Waals surface area contributed by atoms with Crippen LogP contribution in [0.3, 0.4) is 0 Å². The van der Waals surface area contributed by atoms with E-state index in [1.54, 1.807) is 4.90 Å². The molecule has 4 saturated heterocycles. The fourth-order valence-corrected chi connectivity index (χ4v) is 10.3. The van der Waals surface area contributed by atoms with Crippen molar-refractivity contribution < 1.29 is 38.1 Å². The van der Waals surface area contributed by atoms with Gasteiger partial charge in [-0.2, -0.15) is 0 Å². The largest absolute Gasteiger partial charge is 0.453 e. The number of rotatable bonds is 11. The van der Waals surface area contributed by atoms with Gasteiger partial charge in [0.05, 0.1) is 45.6 Å². The van der Waals surface area contributed by atoms with E-state index in [4.69, 9.17) is 58.5 Å². The van der Waals surface area contributed by atoms with E-state index >= 15 is 0 Å². The van der Waals surface area contributed by atoms with Gasteiger partial charge in [0, 0.05) is 42.2 Å². The van der Waals surface area contributed by atoms with Crippen LogP contribution < -0.4 is 10.6 Å². The molecule has 0 saturated carbocycles. The third kappa shape index (κ3) is 9.70. The van der Waals surface area contributed by atoms with Crippen molar-refractivity contribution in [3.63, 3.8) is 0 Å². The molecule has 6 heterocycles. The number of hydrogen-bond acceptors (Lipinski definition) is 10. The summed E-state index contributed by atoms with van der Waals surface area (Å²) in [6.45, 7) is 3.94. The van der Waals surface area contributed by atoms with Gasteiger partial charge in [0.1, 0.15) is 45.4 Å². The highest BCUT2D eigenvalue weighted by molar-refractivity contribution is 6.32. The Bertz CT molecular complexity index is 2390. The lowest BCUT2D eigenvalue weighted by Gasteiger charge is -2.36. The number of amides is 4. The molecule has 18 heteroatoms. The molecule has 65 heavy (non-hydrogen) atoms. The number of methoxy groups -OCH3 is 2. The number of aromatic nitrogens is 4. The maximum absolute atomic E-state index is 14.3. The Kier molecular flexibility index (Phi) is 14.3. The van der Waals surface area contributed by atoms with E-state index in [9.17, 15) is 19.2 Å². The van der Waals surface area contributed by atoms with Crippen LogP contribution in [-0.2, 0) is 28.5 Å². The number of terminal acetylenes is 1. The molecular weight excluding hydrogens is 875 g/mol. The normalized spacial score (nSPS) is 24.2. The highest BCUT2D eigenvalue weighted by atomic mass is 35.5. The van der Waals surface area contributed by atoms with E-state index in [0.717, 1.165) is 47.9 Å². The Labute approximate surface area is 387 Å². The Hall–Kier alpha value is -5.60. The van der Waals surface area contributed by atoms with Crippen molar-refractivity contribution in [2.75, 3.05) is 40.6 Å². The number of imidazole rings is 2. The molecule has 8 atom stereocenters. The summed E-state index contributed by atoms with van der Waals surface area (Å²) < 4.78 is 21.1. The number of carbonyl (C=O) groups is 4. The van der Waals surface area contributed by atoms with Crippen LogP contribution in [0.15, 0.2) is 48.5 Å². The quantitative estimate of drug-likeness (QED) is 0.110. The number of alkyl carbamates (subject to hydrolysis) is 2. The summed E-state index contributed by atoms with van der Waals surface area (Å²) in [5.41, 5.74) is 4.58. The van der Waals surface area contributed by atoms with Gasteiger partial charge in [-0.3, -0.25) is 9.59 Å². The van der Waals surface area contributed by atoms with Crippen LogP contribution in [0.4, 0.5) is 9.59 Å². The zero-order valence-corrected chi connectivity index (χ0v) is 38.1. The van der Waals surface area contributed by atoms with Crippen molar-refractivity contribution >= 4 is 47.2 Å². The Morgan fingerprint density at radius 3 is 1.55 bits per heavy atom. The first-order valence-electron chi connectivity index (χ1n) is 22.2. The standard InChI is InChI=1S/C47H54Cl2N8O8/c1-5-33-19-21-35(57(33)45(59)39(53-47(61)63-4)32-9-7-23-65-25-32)43-51-37(41(49)55-43)30-17-13-28(14-18-30)27-11-15-29(16-12-27)36-40(48)54-42(50-36)34-20-10-26(2)56(34)44(58)38(52-46(60)62-3)31-8-6-22-64-24-31/h1,11-18,26,31-35,38-39H,6-10,19-25H2,2-4H3,(H,50,54)(H,51,55)(H,52,60)(H,53,61)/t26-,31+,32+,33-,34+,35+,38+,39+/m1/s1. The molecule has 4 aromatic rings. The number of hydrogen-bond donors (Lipinski definition) is 4. The third-order valence-electron chi connectivity index (χ3n) is 13.2. The highest BCUT2D eigenvalue weighted by Gasteiger charge is 2.45. The summed E-state index contributed by atoms with van der Waals surface area (Å²) in [4.78, 5) is 73.0. The van der Waals surface area contributed by atoms with Crippen molar-refractivity contribution in [3.8, 4) is 46.0 Å². The Morgan fingerprint density at radius 1 is 0.692 bits per heavy atom. The van der Waals surface area contributed by atoms with Gasteiger partial charge in [-0.15, -0.1) is 6.42 Å². The molecule has 0 bridgehead atoms. The van der Waals surface area contributed by atoms with Gasteiger partial charge in [0.15, 0.2) is 0 Å². The van der Waals surface area contributed by atoms with Crippen molar-refractivity contribution in [3.05, 3.63) is 70.5 Å². The van der Waals surface area contributed by atoms with E-state index in [-0.39, 0.29) is 35.7 Å². The molecule has 0 unspecified atom stereocenters. The molecule has 2 aromatic heterocycles. The first-order valence-corrected chi connectivity index (χ1v) is 22.9. The molecular formula is C47H54Cl2N8O8. The van der Waals surface area contributed by atoms with Gasteiger partial charge in [-0.05, 0) is 69.4 Å². The van der Waals surface area contributed by atoms with E-state index < -0.39 is 36.4 Å². The fourth-order valence-electron chi connectivity index (χ4n) is 9.76. The first-order chi connectivity index (χ1) is 31.5. The molecule has 16 nitrogen and oxygen atoms in total. The molecule has 0 spiro atoms. The van der Waals surface area contributed by atoms with Gasteiger partial charge in [-0.25, -0.2) is 19.6 Å². The smallest absolute Gasteiger partial charge is 0.407 e. The molecule has 344 valence electrons. The average Bonchev–Trinajstić information content (AvgIpc) is 4.14. The summed E-state index contributed by atoms with van der Waals surface area (Å²) in [6.07, 6.45) is 10.2. The molecule has 4 amide bonds. The molecule has 8 rings (SSSR count). The molecule has 0 aliphatic carbocycles. The van der Waals surface area contributed by atoms with Crippen molar-refractivity contribution in [2.24, 2.45) is 11.8 Å². The van der Waals surface area contributed by atoms with E-state index in [0.29, 0.717) is 85.5 Å². The lowest BCUT2D eigenvalue weighted by molar-refractivity contribution is -0.139. The number of H-pyrrole nitrogens is 2. The minimum absolute atomic E-state index is 0.0868. The van der Waals surface area contributed by atoms with Crippen LogP contribution in [0.25, 0.3) is 33.6 Å². The highest BCUT2D eigenvalue weighted by Crippen LogP contribution is 2.41. The summed E-state index contributed by atoms with van der Waals surface area (Å²) >= 11 is 13.6. The van der Waals surface area contributed by atoms with E-state index in [1.165, 1.54) is 14.2 Å². The van der Waals surface area contributed by atoms with Crippen molar-refractivity contribution in [2.45, 2.75) is 94.5 Å². The number of nitrogens with zero attached hydrogens (tertiary/aromatic N) is 4. The Morgan fingerprint density at radius 2 is 1.12 bits per heavy atom. The van der Waals surface area contributed by atoms with Gasteiger partial charge in [0.25, 0.3) is 0 Å². The van der Waals surface area contributed by atoms with Gasteiger partial charge >= 0.3 is 12.2 Å². The van der Waals surface area contributed by atoms with Crippen LogP contribution in [-0.4, -0.2) is 119 Å². The molecule has 2 aromatic carbocycles. The number of aromatic amines is 2. The van der Waals surface area contributed by atoms with E-state index in [1.807, 2.05) is 60.4 Å². The predicted molar refractivity (Wildman–Crippen MR) is 243 cm³/mol. The van der Waals surface area contributed by atoms with Crippen LogP contribution in [0.1, 0.15) is 82.0 Å². The number of carbonyl (C=O) groups excluding carboxylic acids is 4. The lowest BCUT2D eigenvalue weighted by Crippen LogP contribution is -2.55. The number of likely N-dealkylation sites (tertiary alicyclic amines) is 2. The van der Waals surface area contributed by atoms with Gasteiger partial charge < -0.3 is 49.3 Å². The maximum Gasteiger partial charge on any atom is 0.407 e.